The monoisotopic (exact) mass is 453 g/mol. The number of nitrogens with zero attached hydrogens (tertiary/aromatic N) is 1. The Labute approximate surface area is 199 Å². The van der Waals surface area contributed by atoms with Crippen LogP contribution >= 0.6 is 24.4 Å². The van der Waals surface area contributed by atoms with E-state index in [2.05, 4.69) is 114 Å². The number of hydrogen-bond donors (Lipinski definition) is 1. The summed E-state index contributed by atoms with van der Waals surface area (Å²) in [7, 11) is 0. The fourth-order valence-electron chi connectivity index (χ4n) is 4.41. The first-order valence-corrected chi connectivity index (χ1v) is 13.0. The maximum atomic E-state index is 4.27. The van der Waals surface area contributed by atoms with Gasteiger partial charge in [0.25, 0.3) is 0 Å². The summed E-state index contributed by atoms with van der Waals surface area (Å²) in [6.45, 7) is 0. The lowest BCUT2D eigenvalue weighted by Gasteiger charge is -2.10. The quantitative estimate of drug-likeness (QED) is 0.184. The van der Waals surface area contributed by atoms with Gasteiger partial charge in [-0.05, 0) is 65.3 Å². The molecule has 0 atom stereocenters. The summed E-state index contributed by atoms with van der Waals surface area (Å²) in [4.78, 5) is 0. The molecule has 0 saturated heterocycles. The SMILES string of the molecule is SCCSCCCc1ccc(-c2ccc(-n3c4ccccc4c4ccccc43)cc2)cc1. The molecule has 3 heteroatoms. The van der Waals surface area contributed by atoms with Gasteiger partial charge in [-0.3, -0.25) is 0 Å². The van der Waals surface area contributed by atoms with E-state index in [9.17, 15) is 0 Å². The molecule has 0 bridgehead atoms. The fourth-order valence-corrected chi connectivity index (χ4v) is 5.48. The van der Waals surface area contributed by atoms with Crippen molar-refractivity contribution in [1.82, 2.24) is 4.57 Å². The van der Waals surface area contributed by atoms with Gasteiger partial charge in [0.1, 0.15) is 0 Å². The molecule has 160 valence electrons. The molecule has 0 N–H and O–H groups in total. The maximum Gasteiger partial charge on any atom is 0.0541 e. The fraction of sp³-hybridized carbons (Fsp3) is 0.172. The number of thioether (sulfide) groups is 1. The highest BCUT2D eigenvalue weighted by Gasteiger charge is 2.11. The van der Waals surface area contributed by atoms with Crippen molar-refractivity contribution >= 4 is 46.2 Å². The zero-order chi connectivity index (χ0) is 21.8. The van der Waals surface area contributed by atoms with Crippen molar-refractivity contribution in [3.63, 3.8) is 0 Å². The molecule has 1 heterocycles. The van der Waals surface area contributed by atoms with Gasteiger partial charge in [0.2, 0.25) is 0 Å². The Kier molecular flexibility index (Phi) is 6.56. The van der Waals surface area contributed by atoms with Gasteiger partial charge in [-0.1, -0.05) is 72.8 Å². The third-order valence-corrected chi connectivity index (χ3v) is 7.58. The van der Waals surface area contributed by atoms with Crippen molar-refractivity contribution in [2.45, 2.75) is 12.8 Å². The van der Waals surface area contributed by atoms with Crippen LogP contribution in [0.5, 0.6) is 0 Å². The van der Waals surface area contributed by atoms with Crippen LogP contribution in [0.15, 0.2) is 97.1 Å². The van der Waals surface area contributed by atoms with E-state index in [1.54, 1.807) is 0 Å². The lowest BCUT2D eigenvalue weighted by atomic mass is 10.0. The number of fused-ring (bicyclic) bond motifs is 3. The van der Waals surface area contributed by atoms with Crippen LogP contribution in [0.2, 0.25) is 0 Å². The van der Waals surface area contributed by atoms with Crippen molar-refractivity contribution < 1.29 is 0 Å². The molecule has 1 aromatic heterocycles. The number of para-hydroxylation sites is 2. The third kappa shape index (κ3) is 4.32. The largest absolute Gasteiger partial charge is 0.309 e. The maximum absolute atomic E-state index is 4.27. The molecule has 32 heavy (non-hydrogen) atoms. The first kappa shape index (κ1) is 21.2. The van der Waals surface area contributed by atoms with Crippen molar-refractivity contribution in [2.24, 2.45) is 0 Å². The molecule has 0 saturated carbocycles. The van der Waals surface area contributed by atoms with Gasteiger partial charge in [0, 0.05) is 22.2 Å². The molecule has 5 rings (SSSR count). The summed E-state index contributed by atoms with van der Waals surface area (Å²) in [5.41, 5.74) is 7.64. The average Bonchev–Trinajstić information content (AvgIpc) is 3.19. The Hall–Kier alpha value is -2.62. The van der Waals surface area contributed by atoms with E-state index >= 15 is 0 Å². The Morgan fingerprint density at radius 1 is 0.625 bits per heavy atom. The van der Waals surface area contributed by atoms with Crippen LogP contribution in [-0.4, -0.2) is 21.8 Å². The summed E-state index contributed by atoms with van der Waals surface area (Å²) in [6, 6.07) is 35.3. The Balaban J connectivity index is 1.38. The summed E-state index contributed by atoms with van der Waals surface area (Å²) in [6.07, 6.45) is 2.37. The predicted octanol–water partition coefficient (Wildman–Crippen LogP) is 8.05. The molecule has 0 fully saturated rings. The van der Waals surface area contributed by atoms with Gasteiger partial charge in [-0.2, -0.15) is 24.4 Å². The first-order valence-electron chi connectivity index (χ1n) is 11.2. The number of rotatable bonds is 8. The number of hydrogen-bond acceptors (Lipinski definition) is 2. The average molecular weight is 454 g/mol. The van der Waals surface area contributed by atoms with Crippen molar-refractivity contribution in [3.05, 3.63) is 103 Å². The van der Waals surface area contributed by atoms with Crippen LogP contribution in [0.1, 0.15) is 12.0 Å². The predicted molar refractivity (Wildman–Crippen MR) is 146 cm³/mol. The van der Waals surface area contributed by atoms with Gasteiger partial charge >= 0.3 is 0 Å². The standard InChI is InChI=1S/C29H27NS2/c31-19-21-32-20-5-6-22-11-13-23(14-12-22)24-15-17-25(18-16-24)30-28-9-3-1-7-26(28)27-8-2-4-10-29(27)30/h1-4,7-18,31H,5-6,19-21H2. The van der Waals surface area contributed by atoms with Gasteiger partial charge < -0.3 is 4.57 Å². The van der Waals surface area contributed by atoms with E-state index in [1.165, 1.54) is 56.4 Å². The highest BCUT2D eigenvalue weighted by Crippen LogP contribution is 2.32. The first-order chi connectivity index (χ1) is 15.8. The summed E-state index contributed by atoms with van der Waals surface area (Å²) >= 11 is 6.27. The molecule has 0 unspecified atom stereocenters. The number of aryl methyl sites for hydroxylation is 1. The van der Waals surface area contributed by atoms with Gasteiger partial charge in [0.15, 0.2) is 0 Å². The van der Waals surface area contributed by atoms with E-state index in [0.29, 0.717) is 0 Å². The summed E-state index contributed by atoms with van der Waals surface area (Å²) in [5, 5.41) is 2.60. The summed E-state index contributed by atoms with van der Waals surface area (Å²) in [5.74, 6) is 3.33. The Bertz CT molecular complexity index is 1260. The zero-order valence-electron chi connectivity index (χ0n) is 18.1. The van der Waals surface area contributed by atoms with Gasteiger partial charge in [0.05, 0.1) is 11.0 Å². The number of thiol groups is 1. The van der Waals surface area contributed by atoms with Crippen molar-refractivity contribution in [3.8, 4) is 16.8 Å². The molecule has 4 aromatic carbocycles. The van der Waals surface area contributed by atoms with E-state index in [1.807, 2.05) is 11.8 Å². The van der Waals surface area contributed by atoms with E-state index < -0.39 is 0 Å². The van der Waals surface area contributed by atoms with Crippen LogP contribution in [0.25, 0.3) is 38.6 Å². The van der Waals surface area contributed by atoms with Crippen LogP contribution in [0.4, 0.5) is 0 Å². The molecule has 0 amide bonds. The minimum absolute atomic E-state index is 0.967. The van der Waals surface area contributed by atoms with Crippen LogP contribution in [0, 0.1) is 0 Å². The summed E-state index contributed by atoms with van der Waals surface area (Å²) < 4.78 is 2.36. The molecule has 5 aromatic rings. The molecule has 0 aliphatic heterocycles. The highest BCUT2D eigenvalue weighted by atomic mass is 32.2. The normalized spacial score (nSPS) is 11.4. The second-order valence-corrected chi connectivity index (χ2v) is 9.72. The third-order valence-electron chi connectivity index (χ3n) is 5.98. The topological polar surface area (TPSA) is 4.93 Å². The Morgan fingerprint density at radius 3 is 1.78 bits per heavy atom. The minimum Gasteiger partial charge on any atom is -0.309 e. The molecule has 0 radical (unpaired) electrons. The van der Waals surface area contributed by atoms with Crippen molar-refractivity contribution in [1.29, 1.82) is 0 Å². The smallest absolute Gasteiger partial charge is 0.0541 e. The molecule has 0 aliphatic carbocycles. The lowest BCUT2D eigenvalue weighted by molar-refractivity contribution is 0.933. The Morgan fingerprint density at radius 2 is 1.19 bits per heavy atom. The van der Waals surface area contributed by atoms with Crippen LogP contribution in [-0.2, 0) is 6.42 Å². The van der Waals surface area contributed by atoms with Crippen LogP contribution in [0.3, 0.4) is 0 Å². The minimum atomic E-state index is 0.967. The molecule has 1 nitrogen and oxygen atoms in total. The van der Waals surface area contributed by atoms with E-state index in [-0.39, 0.29) is 0 Å². The van der Waals surface area contributed by atoms with E-state index in [4.69, 9.17) is 0 Å². The lowest BCUT2D eigenvalue weighted by Crippen LogP contribution is -1.93. The number of benzene rings is 4. The van der Waals surface area contributed by atoms with E-state index in [0.717, 1.165) is 17.9 Å². The molecular formula is C29H27NS2. The van der Waals surface area contributed by atoms with Gasteiger partial charge in [-0.15, -0.1) is 0 Å². The second kappa shape index (κ2) is 9.89. The number of aromatic nitrogens is 1. The van der Waals surface area contributed by atoms with Gasteiger partial charge in [-0.25, -0.2) is 0 Å². The second-order valence-electron chi connectivity index (χ2n) is 8.05. The molecule has 0 spiro atoms. The van der Waals surface area contributed by atoms with Crippen LogP contribution < -0.4 is 0 Å². The van der Waals surface area contributed by atoms with Crippen molar-refractivity contribution in [2.75, 3.05) is 17.3 Å². The zero-order valence-corrected chi connectivity index (χ0v) is 19.8. The highest BCUT2D eigenvalue weighted by molar-refractivity contribution is 7.99. The molecule has 0 aliphatic rings. The molecular weight excluding hydrogens is 426 g/mol.